The summed E-state index contributed by atoms with van der Waals surface area (Å²) in [5.74, 6) is 0.539. The minimum atomic E-state index is -2.01. The predicted octanol–water partition coefficient (Wildman–Crippen LogP) is 5.39. The van der Waals surface area contributed by atoms with Crippen LogP contribution in [0.3, 0.4) is 0 Å². The van der Waals surface area contributed by atoms with Gasteiger partial charge in [-0.25, -0.2) is 4.98 Å². The van der Waals surface area contributed by atoms with E-state index in [-0.39, 0.29) is 27.7 Å². The van der Waals surface area contributed by atoms with Gasteiger partial charge < -0.3 is 14.5 Å². The molecule has 28 heavy (non-hydrogen) atoms. The van der Waals surface area contributed by atoms with Crippen molar-refractivity contribution in [1.82, 2.24) is 9.97 Å². The van der Waals surface area contributed by atoms with Crippen LogP contribution in [0.2, 0.25) is 23.4 Å². The smallest absolute Gasteiger partial charge is 0.262 e. The first-order valence-electron chi connectivity index (χ1n) is 9.04. The Hall–Kier alpha value is -2.12. The van der Waals surface area contributed by atoms with Gasteiger partial charge in [-0.3, -0.25) is 4.79 Å². The van der Waals surface area contributed by atoms with Crippen molar-refractivity contribution < 1.29 is 14.0 Å². The van der Waals surface area contributed by atoms with Crippen molar-refractivity contribution in [1.29, 1.82) is 0 Å². The molecule has 2 rings (SSSR count). The van der Waals surface area contributed by atoms with Crippen LogP contribution in [0, 0.1) is 13.8 Å². The van der Waals surface area contributed by atoms with Gasteiger partial charge in [-0.15, -0.1) is 0 Å². The van der Waals surface area contributed by atoms with Crippen LogP contribution < -0.4 is 14.5 Å². The van der Waals surface area contributed by atoms with Gasteiger partial charge in [0.25, 0.3) is 5.91 Å². The van der Waals surface area contributed by atoms with Gasteiger partial charge in [-0.1, -0.05) is 26.8 Å². The first-order chi connectivity index (χ1) is 12.9. The number of nitrogens with zero attached hydrogens (tertiary/aromatic N) is 2. The lowest BCUT2D eigenvalue weighted by atomic mass is 10.1. The van der Waals surface area contributed by atoms with Gasteiger partial charge in [0.1, 0.15) is 11.3 Å². The molecule has 0 radical (unpaired) electrons. The Morgan fingerprint density at radius 3 is 2.43 bits per heavy atom. The van der Waals surface area contributed by atoms with Gasteiger partial charge in [0.15, 0.2) is 0 Å². The van der Waals surface area contributed by atoms with Crippen molar-refractivity contribution >= 4 is 31.5 Å². The summed E-state index contributed by atoms with van der Waals surface area (Å²) < 4.78 is 11.6. The van der Waals surface area contributed by atoms with E-state index >= 15 is 0 Å². The minimum absolute atomic E-state index is 0.0190. The predicted molar refractivity (Wildman–Crippen MR) is 115 cm³/mol. The summed E-state index contributed by atoms with van der Waals surface area (Å²) >= 11 is 5.78. The van der Waals surface area contributed by atoms with Gasteiger partial charge in [0.2, 0.25) is 19.5 Å². The van der Waals surface area contributed by atoms with Crippen LogP contribution in [0.25, 0.3) is 0 Å². The third-order valence-electron chi connectivity index (χ3n) is 5.20. The van der Waals surface area contributed by atoms with Crippen molar-refractivity contribution in [2.24, 2.45) is 0 Å². The van der Waals surface area contributed by atoms with Crippen LogP contribution in [-0.2, 0) is 0 Å². The summed E-state index contributed by atoms with van der Waals surface area (Å²) in [6.45, 7) is 14.9. The fraction of sp³-hybridized carbons (Fsp3) is 0.450. The second-order valence-electron chi connectivity index (χ2n) is 8.26. The molecule has 1 N–H and O–H groups in total. The maximum absolute atomic E-state index is 12.8. The zero-order valence-electron chi connectivity index (χ0n) is 17.7. The van der Waals surface area contributed by atoms with Gasteiger partial charge >= 0.3 is 0 Å². The fourth-order valence-corrected chi connectivity index (χ4v) is 3.60. The van der Waals surface area contributed by atoms with Crippen molar-refractivity contribution in [3.8, 4) is 11.6 Å². The Labute approximate surface area is 172 Å². The molecule has 6 nitrogen and oxygen atoms in total. The Morgan fingerprint density at radius 2 is 1.86 bits per heavy atom. The number of aromatic nitrogens is 2. The van der Waals surface area contributed by atoms with Gasteiger partial charge in [-0.05, 0) is 55.2 Å². The SMILES string of the molecule is COc1nc(Cl)ncc1C(=O)Nc1c(C)ccc(O[Si](C)(C)C(C)(C)C)c1C. The van der Waals surface area contributed by atoms with Crippen LogP contribution in [0.5, 0.6) is 11.6 Å². The number of benzene rings is 1. The second-order valence-corrected chi connectivity index (χ2v) is 13.3. The Bertz CT molecular complexity index is 895. The molecule has 0 saturated heterocycles. The normalized spacial score (nSPS) is 11.9. The number of nitrogens with one attached hydrogen (secondary N) is 1. The summed E-state index contributed by atoms with van der Waals surface area (Å²) in [6, 6.07) is 3.91. The third-order valence-corrected chi connectivity index (χ3v) is 9.72. The zero-order valence-corrected chi connectivity index (χ0v) is 19.5. The highest BCUT2D eigenvalue weighted by Crippen LogP contribution is 2.39. The van der Waals surface area contributed by atoms with Crippen molar-refractivity contribution in [2.45, 2.75) is 52.8 Å². The number of methoxy groups -OCH3 is 1. The van der Waals surface area contributed by atoms with E-state index in [1.54, 1.807) is 0 Å². The number of hydrogen-bond donors (Lipinski definition) is 1. The summed E-state index contributed by atoms with van der Waals surface area (Å²) in [4.78, 5) is 20.6. The number of anilines is 1. The van der Waals surface area contributed by atoms with Gasteiger partial charge in [0.05, 0.1) is 12.8 Å². The number of rotatable bonds is 5. The second kappa shape index (κ2) is 8.09. The van der Waals surface area contributed by atoms with Crippen LogP contribution in [0.15, 0.2) is 18.3 Å². The van der Waals surface area contributed by atoms with Crippen LogP contribution in [0.1, 0.15) is 42.3 Å². The van der Waals surface area contributed by atoms with E-state index in [0.29, 0.717) is 5.69 Å². The molecule has 1 heterocycles. The molecule has 1 aromatic heterocycles. The molecule has 8 heteroatoms. The van der Waals surface area contributed by atoms with Gasteiger partial charge in [-0.2, -0.15) is 4.98 Å². The van der Waals surface area contributed by atoms with E-state index in [0.717, 1.165) is 16.9 Å². The molecule has 0 saturated carbocycles. The highest BCUT2D eigenvalue weighted by molar-refractivity contribution is 6.74. The van der Waals surface area contributed by atoms with E-state index < -0.39 is 8.32 Å². The lowest BCUT2D eigenvalue weighted by Crippen LogP contribution is -2.44. The Kier molecular flexibility index (Phi) is 6.40. The van der Waals surface area contributed by atoms with Crippen molar-refractivity contribution in [2.75, 3.05) is 12.4 Å². The first-order valence-corrected chi connectivity index (χ1v) is 12.3. The number of amides is 1. The lowest BCUT2D eigenvalue weighted by molar-refractivity contribution is 0.102. The lowest BCUT2D eigenvalue weighted by Gasteiger charge is -2.37. The number of carbonyl (C=O) groups excluding carboxylic acids is 1. The summed E-state index contributed by atoms with van der Waals surface area (Å²) in [5.41, 5.74) is 2.73. The standard InChI is InChI=1S/C20H28ClN3O3Si/c1-12-9-10-15(27-28(7,8)20(3,4)5)13(2)16(12)23-17(25)14-11-22-19(21)24-18(14)26-6/h9-11H,1-8H3,(H,23,25). The number of aryl methyl sites for hydroxylation is 1. The Balaban J connectivity index is 2.38. The van der Waals surface area contributed by atoms with Gasteiger partial charge in [0, 0.05) is 11.8 Å². The zero-order chi connectivity index (χ0) is 21.3. The third kappa shape index (κ3) is 4.64. The van der Waals surface area contributed by atoms with Crippen molar-refractivity contribution in [3.05, 3.63) is 40.3 Å². The molecule has 0 spiro atoms. The number of hydrogen-bond acceptors (Lipinski definition) is 5. The van der Waals surface area contributed by atoms with Crippen LogP contribution >= 0.6 is 11.6 Å². The number of carbonyl (C=O) groups is 1. The molecular weight excluding hydrogens is 394 g/mol. The number of halogens is 1. The molecule has 0 unspecified atom stereocenters. The molecule has 0 aliphatic heterocycles. The first kappa shape index (κ1) is 22.2. The molecule has 0 aliphatic rings. The monoisotopic (exact) mass is 421 g/mol. The molecule has 0 aliphatic carbocycles. The van der Waals surface area contributed by atoms with E-state index in [1.807, 2.05) is 26.0 Å². The Morgan fingerprint density at radius 1 is 1.21 bits per heavy atom. The highest BCUT2D eigenvalue weighted by Gasteiger charge is 2.39. The molecule has 0 atom stereocenters. The summed E-state index contributed by atoms with van der Waals surface area (Å²) in [7, 11) is -0.580. The fourth-order valence-electron chi connectivity index (χ4n) is 2.40. The topological polar surface area (TPSA) is 73.3 Å². The van der Waals surface area contributed by atoms with Crippen LogP contribution in [-0.4, -0.2) is 31.3 Å². The maximum Gasteiger partial charge on any atom is 0.262 e. The van der Waals surface area contributed by atoms with Crippen molar-refractivity contribution in [3.63, 3.8) is 0 Å². The molecule has 1 aromatic carbocycles. The number of ether oxygens (including phenoxy) is 1. The average molecular weight is 422 g/mol. The summed E-state index contributed by atoms with van der Waals surface area (Å²) in [5, 5.41) is 3.04. The van der Waals surface area contributed by atoms with E-state index in [2.05, 4.69) is 49.1 Å². The van der Waals surface area contributed by atoms with Crippen LogP contribution in [0.4, 0.5) is 5.69 Å². The maximum atomic E-state index is 12.8. The largest absolute Gasteiger partial charge is 0.543 e. The molecule has 1 amide bonds. The molecule has 2 aromatic rings. The highest BCUT2D eigenvalue weighted by atomic mass is 35.5. The molecule has 0 fully saturated rings. The summed E-state index contributed by atoms with van der Waals surface area (Å²) in [6.07, 6.45) is 1.35. The molecule has 152 valence electrons. The molecule has 0 bridgehead atoms. The minimum Gasteiger partial charge on any atom is -0.543 e. The van der Waals surface area contributed by atoms with E-state index in [9.17, 15) is 4.79 Å². The molecular formula is C20H28ClN3O3Si. The quantitative estimate of drug-likeness (QED) is 0.517. The van der Waals surface area contributed by atoms with E-state index in [4.69, 9.17) is 20.8 Å². The van der Waals surface area contributed by atoms with E-state index in [1.165, 1.54) is 13.3 Å². The average Bonchev–Trinajstić information content (AvgIpc) is 2.59.